The summed E-state index contributed by atoms with van der Waals surface area (Å²) in [6, 6.07) is -1.83. The lowest BCUT2D eigenvalue weighted by molar-refractivity contribution is -0.141. The maximum Gasteiger partial charge on any atom is 0.407 e. The van der Waals surface area contributed by atoms with Gasteiger partial charge in [0, 0.05) is 12.5 Å². The Hall–Kier alpha value is -2.70. The average molecular weight is 557 g/mol. The molecule has 2 aliphatic carbocycles. The van der Waals surface area contributed by atoms with E-state index in [2.05, 4.69) is 15.4 Å². The van der Waals surface area contributed by atoms with E-state index in [0.717, 1.165) is 12.8 Å². The van der Waals surface area contributed by atoms with Crippen molar-refractivity contribution in [1.82, 2.24) is 20.3 Å². The zero-order chi connectivity index (χ0) is 27.5. The second kappa shape index (κ2) is 11.6. The predicted molar refractivity (Wildman–Crippen MR) is 135 cm³/mol. The second-order valence-electron chi connectivity index (χ2n) is 10.9. The van der Waals surface area contributed by atoms with Crippen molar-refractivity contribution in [2.75, 3.05) is 19.8 Å². The zero-order valence-corrected chi connectivity index (χ0v) is 22.4. The Morgan fingerprint density at radius 2 is 1.97 bits per heavy atom. The number of amides is 4. The number of allylic oxidation sites excluding steroid dienone is 1. The van der Waals surface area contributed by atoms with E-state index in [1.807, 2.05) is 19.1 Å². The minimum atomic E-state index is -3.81. The summed E-state index contributed by atoms with van der Waals surface area (Å²) in [5, 5.41) is 4.74. The zero-order valence-electron chi connectivity index (χ0n) is 21.6. The van der Waals surface area contributed by atoms with Gasteiger partial charge in [-0.3, -0.25) is 19.1 Å². The molecule has 0 unspecified atom stereocenters. The fraction of sp³-hybridized carbons (Fsp3) is 0.760. The van der Waals surface area contributed by atoms with Crippen molar-refractivity contribution in [2.45, 2.75) is 87.6 Å². The third-order valence-corrected chi connectivity index (χ3v) is 9.51. The number of ether oxygens (including phenoxy) is 1. The smallest absolute Gasteiger partial charge is 0.407 e. The molecule has 4 amide bonds. The number of alkyl carbamates (subject to hydrolysis) is 1. The minimum Gasteiger partial charge on any atom is -0.447 e. The molecule has 2 aliphatic heterocycles. The molecule has 13 heteroatoms. The SMILES string of the molecule is C[C@@H]1C[C@H]2C(=O)N[C@]3(C(=O)NS(=O)(=O)C4CC4)C[C@H]3/C=C\CCCCC[C@H](NC(=O)OCCF)C(=O)N2C1. The van der Waals surface area contributed by atoms with Crippen molar-refractivity contribution in [1.29, 1.82) is 0 Å². The number of nitrogens with one attached hydrogen (secondary N) is 3. The van der Waals surface area contributed by atoms with Crippen molar-refractivity contribution in [3.05, 3.63) is 12.2 Å². The Labute approximate surface area is 222 Å². The van der Waals surface area contributed by atoms with Crippen molar-refractivity contribution >= 4 is 33.8 Å². The minimum absolute atomic E-state index is 0.0114. The summed E-state index contributed by atoms with van der Waals surface area (Å²) in [6.45, 7) is 0.917. The molecule has 0 bridgehead atoms. The highest BCUT2D eigenvalue weighted by Gasteiger charge is 2.62. The Morgan fingerprint density at radius 1 is 1.21 bits per heavy atom. The summed E-state index contributed by atoms with van der Waals surface area (Å²) >= 11 is 0. The van der Waals surface area contributed by atoms with Crippen LogP contribution in [-0.2, 0) is 29.1 Å². The lowest BCUT2D eigenvalue weighted by atomic mass is 10.0. The van der Waals surface area contributed by atoms with Crippen LogP contribution in [0.4, 0.5) is 9.18 Å². The van der Waals surface area contributed by atoms with Gasteiger partial charge in [-0.2, -0.15) is 0 Å². The van der Waals surface area contributed by atoms with Crippen LogP contribution in [-0.4, -0.2) is 79.8 Å². The van der Waals surface area contributed by atoms with E-state index in [-0.39, 0.29) is 24.8 Å². The van der Waals surface area contributed by atoms with Crippen LogP contribution in [0.5, 0.6) is 0 Å². The molecule has 2 heterocycles. The first-order chi connectivity index (χ1) is 18.1. The molecule has 0 radical (unpaired) electrons. The van der Waals surface area contributed by atoms with E-state index in [4.69, 9.17) is 4.74 Å². The largest absolute Gasteiger partial charge is 0.447 e. The van der Waals surface area contributed by atoms with Crippen LogP contribution in [0, 0.1) is 11.8 Å². The third-order valence-electron chi connectivity index (χ3n) is 7.69. The molecule has 0 aromatic rings. The highest BCUT2D eigenvalue weighted by atomic mass is 32.2. The fourth-order valence-electron chi connectivity index (χ4n) is 5.33. The van der Waals surface area contributed by atoms with E-state index >= 15 is 0 Å². The van der Waals surface area contributed by atoms with E-state index < -0.39 is 70.0 Å². The van der Waals surface area contributed by atoms with E-state index in [9.17, 15) is 32.0 Å². The highest BCUT2D eigenvalue weighted by molar-refractivity contribution is 7.91. The molecule has 4 aliphatic rings. The van der Waals surface area contributed by atoms with Crippen molar-refractivity contribution < 1.29 is 36.7 Å². The first-order valence-electron chi connectivity index (χ1n) is 13.4. The molecule has 11 nitrogen and oxygen atoms in total. The summed E-state index contributed by atoms with van der Waals surface area (Å²) < 4.78 is 44.3. The van der Waals surface area contributed by atoms with Gasteiger partial charge in [-0.1, -0.05) is 31.9 Å². The number of rotatable bonds is 6. The number of carbonyl (C=O) groups is 4. The summed E-state index contributed by atoms with van der Waals surface area (Å²) in [6.07, 6.45) is 7.78. The van der Waals surface area contributed by atoms with Gasteiger partial charge in [0.05, 0.1) is 5.25 Å². The van der Waals surface area contributed by atoms with Crippen LogP contribution < -0.4 is 15.4 Å². The maximum atomic E-state index is 13.6. The fourth-order valence-corrected chi connectivity index (χ4v) is 6.69. The predicted octanol–water partition coefficient (Wildman–Crippen LogP) is 1.29. The summed E-state index contributed by atoms with van der Waals surface area (Å²) in [4.78, 5) is 53.9. The van der Waals surface area contributed by atoms with Gasteiger partial charge in [0.1, 0.15) is 30.9 Å². The van der Waals surface area contributed by atoms with E-state index in [0.29, 0.717) is 38.5 Å². The van der Waals surface area contributed by atoms with E-state index in [1.165, 1.54) is 4.90 Å². The van der Waals surface area contributed by atoms with Crippen molar-refractivity contribution in [3.63, 3.8) is 0 Å². The number of carbonyl (C=O) groups excluding carboxylic acids is 4. The quantitative estimate of drug-likeness (QED) is 0.417. The van der Waals surface area contributed by atoms with Crippen LogP contribution in [0.3, 0.4) is 0 Å². The molecule has 5 atom stereocenters. The molecule has 0 spiro atoms. The monoisotopic (exact) mass is 556 g/mol. The number of alkyl halides is 1. The van der Waals surface area contributed by atoms with Gasteiger partial charge in [0.2, 0.25) is 21.8 Å². The maximum absolute atomic E-state index is 13.6. The number of halogens is 1. The molecule has 212 valence electrons. The summed E-state index contributed by atoms with van der Waals surface area (Å²) in [7, 11) is -3.81. The molecular weight excluding hydrogens is 519 g/mol. The van der Waals surface area contributed by atoms with Gasteiger partial charge < -0.3 is 20.3 Å². The number of hydrogen-bond donors (Lipinski definition) is 3. The van der Waals surface area contributed by atoms with Gasteiger partial charge in [-0.25, -0.2) is 17.6 Å². The van der Waals surface area contributed by atoms with Gasteiger partial charge in [-0.15, -0.1) is 0 Å². The number of hydrogen-bond acceptors (Lipinski definition) is 7. The molecule has 0 aromatic heterocycles. The van der Waals surface area contributed by atoms with Crippen LogP contribution in [0.15, 0.2) is 12.2 Å². The van der Waals surface area contributed by atoms with Gasteiger partial charge >= 0.3 is 6.09 Å². The Balaban J connectivity index is 1.56. The molecule has 4 rings (SSSR count). The molecule has 3 N–H and O–H groups in total. The third kappa shape index (κ3) is 6.47. The molecule has 38 heavy (non-hydrogen) atoms. The Kier molecular flexibility index (Phi) is 8.63. The van der Waals surface area contributed by atoms with Crippen molar-refractivity contribution in [2.24, 2.45) is 11.8 Å². The number of fused-ring (bicyclic) bond motifs is 2. The topological polar surface area (TPSA) is 151 Å². The Morgan fingerprint density at radius 3 is 2.68 bits per heavy atom. The second-order valence-corrected chi connectivity index (χ2v) is 12.8. The number of sulfonamides is 1. The summed E-state index contributed by atoms with van der Waals surface area (Å²) in [5.74, 6) is -2.10. The normalized spacial score (nSPS) is 33.1. The molecule has 0 aromatic carbocycles. The van der Waals surface area contributed by atoms with Crippen molar-refractivity contribution in [3.8, 4) is 0 Å². The summed E-state index contributed by atoms with van der Waals surface area (Å²) in [5.41, 5.74) is -1.40. The van der Waals surface area contributed by atoms with Crippen LogP contribution >= 0.6 is 0 Å². The highest BCUT2D eigenvalue weighted by Crippen LogP contribution is 2.46. The first-order valence-corrected chi connectivity index (χ1v) is 15.0. The standard InChI is InChI=1S/C25H37FN4O7S/c1-16-13-20-21(31)28-25(23(33)29-38(35,36)18-9-10-18)14-17(25)7-5-3-2-4-6-8-19(22(32)30(20)15-16)27-24(34)37-12-11-26/h5,7,16-20H,2-4,6,8-15H2,1H3,(H,27,34)(H,28,31)(H,29,33)/b7-5-/t16-,17-,19+,20+,25-/m1/s1. The van der Waals surface area contributed by atoms with Gasteiger partial charge in [0.15, 0.2) is 0 Å². The van der Waals surface area contributed by atoms with Gasteiger partial charge in [0.25, 0.3) is 5.91 Å². The molecular formula is C25H37FN4O7S. The molecule has 1 saturated heterocycles. The average Bonchev–Trinajstić information content (AvgIpc) is 3.78. The van der Waals surface area contributed by atoms with E-state index in [1.54, 1.807) is 0 Å². The first kappa shape index (κ1) is 28.3. The van der Waals surface area contributed by atoms with Crippen LogP contribution in [0.25, 0.3) is 0 Å². The number of nitrogens with zero attached hydrogens (tertiary/aromatic N) is 1. The van der Waals surface area contributed by atoms with Gasteiger partial charge in [-0.05, 0) is 50.9 Å². The van der Waals surface area contributed by atoms with Crippen LogP contribution in [0.2, 0.25) is 0 Å². The molecule has 3 fully saturated rings. The lowest BCUT2D eigenvalue weighted by Crippen LogP contribution is -2.58. The Bertz CT molecular complexity index is 1080. The lowest BCUT2D eigenvalue weighted by Gasteiger charge is -2.30. The van der Waals surface area contributed by atoms with Crippen LogP contribution in [0.1, 0.15) is 64.7 Å². The molecule has 2 saturated carbocycles.